The highest BCUT2D eigenvalue weighted by Crippen LogP contribution is 2.29. The Morgan fingerprint density at radius 1 is 1.14 bits per heavy atom. The van der Waals surface area contributed by atoms with Crippen molar-refractivity contribution in [1.82, 2.24) is 4.98 Å². The number of hydrogen-bond acceptors (Lipinski definition) is 4. The maximum absolute atomic E-state index is 12.4. The zero-order valence-corrected chi connectivity index (χ0v) is 11.9. The molecule has 0 fully saturated rings. The van der Waals surface area contributed by atoms with Crippen LogP contribution in [0.3, 0.4) is 0 Å². The molecule has 0 spiro atoms. The smallest absolute Gasteiger partial charge is 0.259 e. The lowest BCUT2D eigenvalue weighted by Gasteiger charge is -2.11. The van der Waals surface area contributed by atoms with E-state index in [1.807, 2.05) is 12.1 Å². The summed E-state index contributed by atoms with van der Waals surface area (Å²) in [6, 6.07) is 14.0. The van der Waals surface area contributed by atoms with E-state index >= 15 is 0 Å². The van der Waals surface area contributed by atoms with E-state index < -0.39 is 5.91 Å². The number of para-hydroxylation sites is 2. The van der Waals surface area contributed by atoms with Gasteiger partial charge in [-0.1, -0.05) is 24.3 Å². The van der Waals surface area contributed by atoms with Gasteiger partial charge in [0.05, 0.1) is 18.4 Å². The lowest BCUT2D eigenvalue weighted by Crippen LogP contribution is -2.13. The van der Waals surface area contributed by atoms with E-state index in [0.717, 1.165) is 5.39 Å². The number of fused-ring (bicyclic) bond motifs is 1. The number of nitrogens with zero attached hydrogens (tertiary/aromatic N) is 1. The molecular formula is C17H14N2O3. The second-order valence-corrected chi connectivity index (χ2v) is 4.69. The van der Waals surface area contributed by atoms with Crippen LogP contribution in [0, 0.1) is 0 Å². The second-order valence-electron chi connectivity index (χ2n) is 4.69. The maximum Gasteiger partial charge on any atom is 0.259 e. The normalized spacial score (nSPS) is 10.4. The Kier molecular flexibility index (Phi) is 3.62. The van der Waals surface area contributed by atoms with Crippen LogP contribution in [-0.4, -0.2) is 23.1 Å². The minimum Gasteiger partial charge on any atom is -0.505 e. The molecular weight excluding hydrogens is 280 g/mol. The predicted molar refractivity (Wildman–Crippen MR) is 84.4 cm³/mol. The molecule has 5 heteroatoms. The molecule has 0 saturated heterocycles. The molecule has 0 radical (unpaired) electrons. The first-order valence-corrected chi connectivity index (χ1v) is 6.72. The molecule has 0 aliphatic rings. The van der Waals surface area contributed by atoms with Gasteiger partial charge in [0.25, 0.3) is 5.91 Å². The molecule has 0 unspecified atom stereocenters. The number of carbonyl (C=O) groups excluding carboxylic acids is 1. The number of pyridine rings is 1. The van der Waals surface area contributed by atoms with E-state index in [0.29, 0.717) is 17.0 Å². The van der Waals surface area contributed by atoms with Crippen LogP contribution in [0.5, 0.6) is 11.5 Å². The fourth-order valence-corrected chi connectivity index (χ4v) is 2.25. The molecule has 3 rings (SSSR count). The van der Waals surface area contributed by atoms with Gasteiger partial charge >= 0.3 is 0 Å². The number of ether oxygens (including phenoxy) is 1. The SMILES string of the molecule is COc1ccccc1NC(=O)c1ccc2cccnc2c1O. The quantitative estimate of drug-likeness (QED) is 0.778. The van der Waals surface area contributed by atoms with Crippen LogP contribution in [0.25, 0.3) is 10.9 Å². The Balaban J connectivity index is 1.97. The van der Waals surface area contributed by atoms with Gasteiger partial charge in [-0.2, -0.15) is 0 Å². The van der Waals surface area contributed by atoms with Crippen LogP contribution in [0.4, 0.5) is 5.69 Å². The molecule has 1 aromatic heterocycles. The van der Waals surface area contributed by atoms with Crippen molar-refractivity contribution in [2.24, 2.45) is 0 Å². The highest BCUT2D eigenvalue weighted by atomic mass is 16.5. The molecule has 2 N–H and O–H groups in total. The molecule has 0 atom stereocenters. The average molecular weight is 294 g/mol. The first-order valence-electron chi connectivity index (χ1n) is 6.72. The van der Waals surface area contributed by atoms with Crippen molar-refractivity contribution < 1.29 is 14.6 Å². The summed E-state index contributed by atoms with van der Waals surface area (Å²) in [6.45, 7) is 0. The Labute approximate surface area is 127 Å². The lowest BCUT2D eigenvalue weighted by molar-refractivity contribution is 0.102. The summed E-state index contributed by atoms with van der Waals surface area (Å²) >= 11 is 0. The third kappa shape index (κ3) is 2.44. The topological polar surface area (TPSA) is 71.5 Å². The molecule has 22 heavy (non-hydrogen) atoms. The van der Waals surface area contributed by atoms with Crippen molar-refractivity contribution in [3.63, 3.8) is 0 Å². The molecule has 0 aliphatic carbocycles. The van der Waals surface area contributed by atoms with Gasteiger partial charge in [-0.3, -0.25) is 9.78 Å². The Morgan fingerprint density at radius 3 is 2.77 bits per heavy atom. The average Bonchev–Trinajstić information content (AvgIpc) is 2.56. The number of benzene rings is 2. The van der Waals surface area contributed by atoms with Crippen LogP contribution in [0.2, 0.25) is 0 Å². The third-order valence-electron chi connectivity index (χ3n) is 3.35. The summed E-state index contributed by atoms with van der Waals surface area (Å²) in [5, 5.41) is 13.8. The second kappa shape index (κ2) is 5.73. The summed E-state index contributed by atoms with van der Waals surface area (Å²) in [5.74, 6) is -0.00527. The number of nitrogens with one attached hydrogen (secondary N) is 1. The number of amides is 1. The van der Waals surface area contributed by atoms with Crippen LogP contribution < -0.4 is 10.1 Å². The molecule has 2 aromatic carbocycles. The van der Waals surface area contributed by atoms with Crippen molar-refractivity contribution in [3.8, 4) is 11.5 Å². The summed E-state index contributed by atoms with van der Waals surface area (Å²) in [5.41, 5.74) is 1.10. The van der Waals surface area contributed by atoms with E-state index in [4.69, 9.17) is 4.74 Å². The number of methoxy groups -OCH3 is 1. The van der Waals surface area contributed by atoms with Crippen molar-refractivity contribution >= 4 is 22.5 Å². The van der Waals surface area contributed by atoms with E-state index in [2.05, 4.69) is 10.3 Å². The van der Waals surface area contributed by atoms with E-state index in [1.165, 1.54) is 7.11 Å². The van der Waals surface area contributed by atoms with E-state index in [-0.39, 0.29) is 11.3 Å². The van der Waals surface area contributed by atoms with Gasteiger partial charge in [0.1, 0.15) is 11.3 Å². The minimum absolute atomic E-state index is 0.134. The lowest BCUT2D eigenvalue weighted by atomic mass is 10.1. The third-order valence-corrected chi connectivity index (χ3v) is 3.35. The van der Waals surface area contributed by atoms with E-state index in [9.17, 15) is 9.90 Å². The van der Waals surface area contributed by atoms with Gasteiger partial charge in [0, 0.05) is 11.6 Å². The molecule has 5 nitrogen and oxygen atoms in total. The van der Waals surface area contributed by atoms with Gasteiger partial charge in [-0.05, 0) is 24.3 Å². The standard InChI is InChI=1S/C17H14N2O3/c1-22-14-7-3-2-6-13(14)19-17(21)12-9-8-11-5-4-10-18-15(11)16(12)20/h2-10,20H,1H3,(H,19,21). The first-order chi connectivity index (χ1) is 10.7. The zero-order valence-electron chi connectivity index (χ0n) is 11.9. The maximum atomic E-state index is 12.4. The van der Waals surface area contributed by atoms with Crippen molar-refractivity contribution in [1.29, 1.82) is 0 Å². The molecule has 1 heterocycles. The van der Waals surface area contributed by atoms with Crippen molar-refractivity contribution in [2.45, 2.75) is 0 Å². The monoisotopic (exact) mass is 294 g/mol. The Morgan fingerprint density at radius 2 is 1.95 bits per heavy atom. The zero-order chi connectivity index (χ0) is 15.5. The minimum atomic E-state index is -0.422. The highest BCUT2D eigenvalue weighted by molar-refractivity contribution is 6.09. The van der Waals surface area contributed by atoms with Gasteiger partial charge in [-0.25, -0.2) is 0 Å². The molecule has 110 valence electrons. The Hall–Kier alpha value is -3.08. The van der Waals surface area contributed by atoms with E-state index in [1.54, 1.807) is 42.6 Å². The van der Waals surface area contributed by atoms with Crippen LogP contribution >= 0.6 is 0 Å². The highest BCUT2D eigenvalue weighted by Gasteiger charge is 2.16. The number of carbonyl (C=O) groups is 1. The molecule has 3 aromatic rings. The van der Waals surface area contributed by atoms with Gasteiger partial charge in [0.2, 0.25) is 0 Å². The number of aromatic nitrogens is 1. The van der Waals surface area contributed by atoms with Crippen LogP contribution in [0.1, 0.15) is 10.4 Å². The largest absolute Gasteiger partial charge is 0.505 e. The summed E-state index contributed by atoms with van der Waals surface area (Å²) in [4.78, 5) is 16.5. The first kappa shape index (κ1) is 13.9. The fraction of sp³-hybridized carbons (Fsp3) is 0.0588. The predicted octanol–water partition coefficient (Wildman–Crippen LogP) is 3.20. The molecule has 0 saturated carbocycles. The molecule has 0 bridgehead atoms. The number of aromatic hydroxyl groups is 1. The summed E-state index contributed by atoms with van der Waals surface area (Å²) in [6.07, 6.45) is 1.57. The number of anilines is 1. The number of hydrogen-bond donors (Lipinski definition) is 2. The van der Waals surface area contributed by atoms with Gasteiger partial charge in [0.15, 0.2) is 5.75 Å². The Bertz CT molecular complexity index is 846. The number of phenolic OH excluding ortho intramolecular Hbond substituents is 1. The van der Waals surface area contributed by atoms with Crippen LogP contribution in [-0.2, 0) is 0 Å². The van der Waals surface area contributed by atoms with Crippen molar-refractivity contribution in [3.05, 3.63) is 60.3 Å². The van der Waals surface area contributed by atoms with Crippen LogP contribution in [0.15, 0.2) is 54.7 Å². The number of rotatable bonds is 3. The fourth-order valence-electron chi connectivity index (χ4n) is 2.25. The molecule has 1 amide bonds. The number of phenols is 1. The van der Waals surface area contributed by atoms with Gasteiger partial charge < -0.3 is 15.2 Å². The van der Waals surface area contributed by atoms with Gasteiger partial charge in [-0.15, -0.1) is 0 Å². The molecule has 0 aliphatic heterocycles. The summed E-state index contributed by atoms with van der Waals surface area (Å²) in [7, 11) is 1.53. The summed E-state index contributed by atoms with van der Waals surface area (Å²) < 4.78 is 5.19. The van der Waals surface area contributed by atoms with Crippen molar-refractivity contribution in [2.75, 3.05) is 12.4 Å².